The lowest BCUT2D eigenvalue weighted by Crippen LogP contribution is -2.62. The molecule has 0 saturated carbocycles. The van der Waals surface area contributed by atoms with E-state index in [9.17, 15) is 74.4 Å². The number of rotatable bonds is 29. The number of aliphatic imine (C=N–C) groups is 1. The molecule has 3 aromatic rings. The highest BCUT2D eigenvalue weighted by Gasteiger charge is 2.50. The molecule has 0 aliphatic carbocycles. The zero-order valence-electron chi connectivity index (χ0n) is 46.8. The summed E-state index contributed by atoms with van der Waals surface area (Å²) in [5, 5.41) is 99.6. The number of nitrogens with one attached hydrogen (secondary N) is 5. The Kier molecular flexibility index (Phi) is 24.5. The fraction of sp³-hybridized carbons (Fsp3) is 0.633. The number of ether oxygens (including phenoxy) is 5. The Morgan fingerprint density at radius 3 is 2.15 bits per heavy atom. The molecule has 0 aromatic carbocycles. The minimum Gasteiger partial charge on any atom is -0.441 e. The number of carbonyl (C=O) groups excluding carboxylic acids is 7. The number of anilines is 1. The van der Waals surface area contributed by atoms with Gasteiger partial charge in [0.15, 0.2) is 12.4 Å². The summed E-state index contributed by atoms with van der Waals surface area (Å²) in [5.74, 6) is -7.06. The van der Waals surface area contributed by atoms with Gasteiger partial charge in [0.1, 0.15) is 95.0 Å². The minimum absolute atomic E-state index is 0.0411. The monoisotopic (exact) mass is 1260 g/mol. The molecular weight excluding hydrogens is 1180 g/mol. The quantitative estimate of drug-likeness (QED) is 0.0307. The second kappa shape index (κ2) is 30.8. The van der Waals surface area contributed by atoms with Crippen LogP contribution in [0.25, 0.3) is 0 Å². The molecule has 0 radical (unpaired) electrons. The lowest BCUT2D eigenvalue weighted by molar-refractivity contribution is -0.323. The molecule has 0 spiro atoms. The van der Waals surface area contributed by atoms with Crippen molar-refractivity contribution in [2.75, 3.05) is 37.9 Å². The van der Waals surface area contributed by atoms with Gasteiger partial charge >= 0.3 is 6.09 Å². The Labute approximate surface area is 497 Å². The zero-order valence-corrected chi connectivity index (χ0v) is 48.4. The Balaban J connectivity index is 1.24. The van der Waals surface area contributed by atoms with Gasteiger partial charge in [-0.25, -0.2) is 24.7 Å². The van der Waals surface area contributed by atoms with Gasteiger partial charge < -0.3 is 119 Å². The molecule has 35 nitrogen and oxygen atoms in total. The summed E-state index contributed by atoms with van der Waals surface area (Å²) in [4.78, 5) is 116. The summed E-state index contributed by atoms with van der Waals surface area (Å²) in [6.07, 6.45) is -21.7. The first-order chi connectivity index (χ1) is 40.6. The number of thiazole rings is 1. The Hall–Kier alpha value is -6.69. The summed E-state index contributed by atoms with van der Waals surface area (Å²) in [7, 11) is 0. The number of thioether (sulfide) groups is 1. The van der Waals surface area contributed by atoms with Gasteiger partial charge in [-0.1, -0.05) is 6.92 Å². The van der Waals surface area contributed by atoms with Crippen molar-refractivity contribution in [2.24, 2.45) is 33.8 Å². The first-order valence-corrected chi connectivity index (χ1v) is 28.7. The molecule has 3 aromatic heterocycles. The second-order valence-electron chi connectivity index (χ2n) is 20.5. The maximum Gasteiger partial charge on any atom is 0.404 e. The van der Waals surface area contributed by atoms with Crippen LogP contribution in [-0.2, 0) is 42.9 Å². The van der Waals surface area contributed by atoms with Crippen molar-refractivity contribution in [3.63, 3.8) is 0 Å². The Bertz CT molecular complexity index is 2880. The van der Waals surface area contributed by atoms with E-state index in [-0.39, 0.29) is 54.0 Å². The van der Waals surface area contributed by atoms with E-state index >= 15 is 0 Å². The summed E-state index contributed by atoms with van der Waals surface area (Å²) >= 11 is 2.66. The van der Waals surface area contributed by atoms with Gasteiger partial charge in [0.25, 0.3) is 11.8 Å². The van der Waals surface area contributed by atoms with Crippen molar-refractivity contribution in [3.05, 3.63) is 51.4 Å². The molecule has 37 heteroatoms. The number of H-pyrrole nitrogens is 1. The van der Waals surface area contributed by atoms with E-state index in [1.165, 1.54) is 56.2 Å². The number of nitrogens with zero attached hydrogens (tertiary/aromatic N) is 5. The number of aromatic amines is 1. The minimum atomic E-state index is -2.04. The van der Waals surface area contributed by atoms with Crippen LogP contribution in [0, 0.1) is 12.8 Å². The number of amides is 7. The van der Waals surface area contributed by atoms with E-state index in [0.717, 1.165) is 12.5 Å². The third kappa shape index (κ3) is 17.1. The lowest BCUT2D eigenvalue weighted by Gasteiger charge is -2.44. The highest BCUT2D eigenvalue weighted by molar-refractivity contribution is 8.14. The SMILES string of the molecule is Cc1c(N)nc(C(N)CC(N)=O)nc1C(=O)NC(C(=O)NC(C)C(O)C(C)C(=O)NC(C(=O)NCCC1=NC(c2nc(C(N)=O)cs2)CS1)C(C)O)C(OC1OC(CO)C(O)C(O)C1OCCC1OC(CO)C(O)C(OC(N)=O)C1O)c1cnc[nH]1. The average Bonchev–Trinajstić information content (AvgIpc) is 1.22. The number of nitrogen functional groups attached to an aromatic ring is 1. The van der Waals surface area contributed by atoms with E-state index in [4.69, 9.17) is 52.4 Å². The number of aliphatic hydroxyl groups is 8. The first-order valence-electron chi connectivity index (χ1n) is 26.8. The Morgan fingerprint density at radius 1 is 0.849 bits per heavy atom. The summed E-state index contributed by atoms with van der Waals surface area (Å²) < 4.78 is 28.9. The maximum atomic E-state index is 15.0. The van der Waals surface area contributed by atoms with Crippen LogP contribution in [0.3, 0.4) is 0 Å². The molecule has 6 heterocycles. The molecule has 2 fully saturated rings. The largest absolute Gasteiger partial charge is 0.441 e. The van der Waals surface area contributed by atoms with Crippen molar-refractivity contribution in [3.8, 4) is 0 Å². The Morgan fingerprint density at radius 2 is 1.53 bits per heavy atom. The summed E-state index contributed by atoms with van der Waals surface area (Å²) in [6.45, 7) is 2.94. The fourth-order valence-corrected chi connectivity index (χ4v) is 11.3. The fourth-order valence-electron chi connectivity index (χ4n) is 9.29. The lowest BCUT2D eigenvalue weighted by atomic mass is 9.93. The number of aromatic nitrogens is 5. The normalized spacial score (nSPS) is 26.8. The molecule has 86 heavy (non-hydrogen) atoms. The molecule has 7 amide bonds. The number of nitrogens with two attached hydrogens (primary N) is 5. The zero-order chi connectivity index (χ0) is 63.4. The van der Waals surface area contributed by atoms with Crippen LogP contribution in [0.15, 0.2) is 22.9 Å². The maximum absolute atomic E-state index is 15.0. The molecular formula is C49H73N15O20S2. The van der Waals surface area contributed by atoms with Crippen molar-refractivity contribution >= 4 is 75.5 Å². The van der Waals surface area contributed by atoms with Crippen LogP contribution in [0.1, 0.15) is 101 Å². The third-order valence-electron chi connectivity index (χ3n) is 14.2. The average molecular weight is 1260 g/mol. The molecule has 23 N–H and O–H groups in total. The van der Waals surface area contributed by atoms with Gasteiger partial charge in [-0.15, -0.1) is 23.1 Å². The highest BCUT2D eigenvalue weighted by atomic mass is 32.2. The molecule has 19 unspecified atom stereocenters. The molecule has 19 atom stereocenters. The number of hydrogen-bond donors (Lipinski definition) is 18. The van der Waals surface area contributed by atoms with Gasteiger partial charge in [-0.3, -0.25) is 33.8 Å². The number of imidazole rings is 1. The standard InChI is InChI=1S/C49H73N15O20S2/c1-16-29(61-42(64-40(16)52)20(50)9-27(51)68)45(77)63-31(46(78)58-18(3)32(69)17(2)43(75)62-30(19(4)67)44(76)56-7-5-28-59-23(14-85-28)47-60-22(13-86-47)41(53)74)37(21-10-55-15-57-21)83-48-39(36(73)33(70)25(11-65)82-48)80-8-6-24-34(71)38(84-49(54)79)35(72)26(12-66)81-24/h10,13,15,17-20,23-26,30-39,48,65-67,69-73H,5-9,11-12,14,50H2,1-4H3,(H2,51,68)(H2,53,74)(H2,54,79)(H,55,57)(H,56,76)(H,58,78)(H,62,75)(H,63,77)(H2,52,61,64). The van der Waals surface area contributed by atoms with Crippen LogP contribution in [-0.4, -0.2) is 236 Å². The number of aliphatic hydroxyl groups excluding tert-OH is 8. The van der Waals surface area contributed by atoms with Gasteiger partial charge in [-0.05, 0) is 27.2 Å². The van der Waals surface area contributed by atoms with Crippen LogP contribution < -0.4 is 49.9 Å². The first kappa shape index (κ1) is 68.4. The molecule has 3 aliphatic rings. The smallest absolute Gasteiger partial charge is 0.404 e. The van der Waals surface area contributed by atoms with Crippen molar-refractivity contribution in [1.82, 2.24) is 46.2 Å². The highest BCUT2D eigenvalue weighted by Crippen LogP contribution is 2.35. The van der Waals surface area contributed by atoms with Crippen molar-refractivity contribution in [1.29, 1.82) is 0 Å². The van der Waals surface area contributed by atoms with Crippen LogP contribution >= 0.6 is 23.1 Å². The molecule has 2 saturated heterocycles. The van der Waals surface area contributed by atoms with E-state index in [1.807, 2.05) is 0 Å². The van der Waals surface area contributed by atoms with E-state index in [2.05, 4.69) is 51.2 Å². The number of hydrogen-bond acceptors (Lipinski definition) is 29. The predicted molar refractivity (Wildman–Crippen MR) is 297 cm³/mol. The topological polar surface area (TPSA) is 585 Å². The third-order valence-corrected chi connectivity index (χ3v) is 16.2. The van der Waals surface area contributed by atoms with Gasteiger partial charge in [0.2, 0.25) is 23.6 Å². The number of primary amides is 3. The predicted octanol–water partition coefficient (Wildman–Crippen LogP) is -6.70. The summed E-state index contributed by atoms with van der Waals surface area (Å²) in [5.41, 5.74) is 27.6. The van der Waals surface area contributed by atoms with Crippen LogP contribution in [0.2, 0.25) is 0 Å². The van der Waals surface area contributed by atoms with Crippen molar-refractivity contribution in [2.45, 2.75) is 157 Å². The van der Waals surface area contributed by atoms with Crippen LogP contribution in [0.5, 0.6) is 0 Å². The van der Waals surface area contributed by atoms with Crippen LogP contribution in [0.4, 0.5) is 10.6 Å². The number of carbonyl (C=O) groups is 7. The van der Waals surface area contributed by atoms with E-state index < -0.39 is 183 Å². The van der Waals surface area contributed by atoms with E-state index in [1.54, 1.807) is 0 Å². The van der Waals surface area contributed by atoms with Gasteiger partial charge in [-0.2, -0.15) is 0 Å². The van der Waals surface area contributed by atoms with E-state index in [0.29, 0.717) is 15.8 Å². The molecule has 0 bridgehead atoms. The second-order valence-corrected chi connectivity index (χ2v) is 22.5. The van der Waals surface area contributed by atoms with Crippen molar-refractivity contribution < 1.29 is 98.1 Å². The molecule has 3 aliphatic heterocycles. The summed E-state index contributed by atoms with van der Waals surface area (Å²) in [6, 6.07) is -6.60. The molecule has 6 rings (SSSR count). The van der Waals surface area contributed by atoms with Gasteiger partial charge in [0.05, 0.1) is 72.8 Å². The van der Waals surface area contributed by atoms with Gasteiger partial charge in [0, 0.05) is 42.7 Å². The molecule has 476 valence electrons.